The molecule has 19 heavy (non-hydrogen) atoms. The van der Waals surface area contributed by atoms with E-state index in [-0.39, 0.29) is 11.3 Å². The molecule has 0 aliphatic carbocycles. The van der Waals surface area contributed by atoms with Crippen molar-refractivity contribution in [2.45, 2.75) is 13.5 Å². The van der Waals surface area contributed by atoms with Crippen LogP contribution in [-0.2, 0) is 6.54 Å². The molecule has 0 aliphatic rings. The molecule has 0 amide bonds. The van der Waals surface area contributed by atoms with E-state index in [0.717, 1.165) is 4.68 Å². The van der Waals surface area contributed by atoms with Crippen molar-refractivity contribution in [1.82, 2.24) is 9.78 Å². The number of hydrogen-bond acceptors (Lipinski definition) is 4. The highest BCUT2D eigenvalue weighted by molar-refractivity contribution is 6.48. The summed E-state index contributed by atoms with van der Waals surface area (Å²) in [5.74, 6) is -1.34. The first kappa shape index (κ1) is 12.9. The third-order valence-corrected chi connectivity index (χ3v) is 2.64. The Balaban J connectivity index is 2.35. The predicted molar refractivity (Wildman–Crippen MR) is 69.3 cm³/mol. The van der Waals surface area contributed by atoms with E-state index in [1.165, 1.54) is 12.1 Å². The van der Waals surface area contributed by atoms with Crippen LogP contribution in [0.3, 0.4) is 0 Å². The zero-order valence-electron chi connectivity index (χ0n) is 10.4. The highest BCUT2D eigenvalue weighted by atomic mass is 16.2. The molecule has 0 atom stereocenters. The summed E-state index contributed by atoms with van der Waals surface area (Å²) in [4.78, 5) is 35.3. The number of benzene rings is 1. The van der Waals surface area contributed by atoms with Gasteiger partial charge < -0.3 is 0 Å². The Kier molecular flexibility index (Phi) is 3.66. The summed E-state index contributed by atoms with van der Waals surface area (Å²) >= 11 is 0. The van der Waals surface area contributed by atoms with Gasteiger partial charge in [-0.2, -0.15) is 5.10 Å². The Labute approximate surface area is 109 Å². The minimum atomic E-state index is -0.714. The molecule has 1 aromatic heterocycles. The first-order valence-corrected chi connectivity index (χ1v) is 5.85. The largest absolute Gasteiger partial charge is 0.285 e. The van der Waals surface area contributed by atoms with Crippen LogP contribution in [0.2, 0.25) is 0 Å². The number of carbonyl (C=O) groups is 2. The fourth-order valence-corrected chi connectivity index (χ4v) is 1.63. The molecule has 1 heterocycles. The normalized spacial score (nSPS) is 10.2. The molecule has 96 valence electrons. The maximum atomic E-state index is 12.0. The van der Waals surface area contributed by atoms with Gasteiger partial charge in [0.05, 0.1) is 0 Å². The first-order chi connectivity index (χ1) is 9.13. The van der Waals surface area contributed by atoms with Gasteiger partial charge in [-0.3, -0.25) is 14.4 Å². The zero-order valence-corrected chi connectivity index (χ0v) is 10.4. The van der Waals surface area contributed by atoms with Crippen LogP contribution in [0, 0.1) is 0 Å². The summed E-state index contributed by atoms with van der Waals surface area (Å²) in [6, 6.07) is 10.8. The van der Waals surface area contributed by atoms with Crippen molar-refractivity contribution >= 4 is 11.6 Å². The van der Waals surface area contributed by atoms with Crippen LogP contribution in [-0.4, -0.2) is 21.3 Å². The van der Waals surface area contributed by atoms with Gasteiger partial charge in [0.2, 0.25) is 5.78 Å². The third kappa shape index (κ3) is 2.65. The van der Waals surface area contributed by atoms with Crippen molar-refractivity contribution < 1.29 is 9.59 Å². The zero-order chi connectivity index (χ0) is 13.8. The molecular formula is C14H12N2O3. The molecule has 2 rings (SSSR count). The summed E-state index contributed by atoms with van der Waals surface area (Å²) in [6.07, 6.45) is 0. The van der Waals surface area contributed by atoms with Crippen LogP contribution >= 0.6 is 0 Å². The van der Waals surface area contributed by atoms with Crippen LogP contribution < -0.4 is 5.56 Å². The molecule has 0 N–H and O–H groups in total. The molecule has 5 nitrogen and oxygen atoms in total. The molecule has 5 heteroatoms. The van der Waals surface area contributed by atoms with Gasteiger partial charge in [0.1, 0.15) is 5.69 Å². The molecule has 2 aromatic rings. The Morgan fingerprint density at radius 1 is 1.05 bits per heavy atom. The number of nitrogens with zero attached hydrogens (tertiary/aromatic N) is 2. The molecule has 0 spiro atoms. The average molecular weight is 256 g/mol. The number of Topliss-reactive ketones (excluding diaryl/α,β-unsaturated/α-hetero) is 2. The van der Waals surface area contributed by atoms with Gasteiger partial charge in [-0.05, 0) is 13.0 Å². The predicted octanol–water partition coefficient (Wildman–Crippen LogP) is 1.33. The lowest BCUT2D eigenvalue weighted by Gasteiger charge is -2.03. The van der Waals surface area contributed by atoms with Crippen LogP contribution in [0.15, 0.2) is 47.3 Å². The van der Waals surface area contributed by atoms with E-state index in [1.807, 2.05) is 0 Å². The average Bonchev–Trinajstić information content (AvgIpc) is 2.47. The van der Waals surface area contributed by atoms with Crippen LogP contribution in [0.4, 0.5) is 0 Å². The van der Waals surface area contributed by atoms with Crippen molar-refractivity contribution in [3.05, 3.63) is 64.1 Å². The Morgan fingerprint density at radius 3 is 2.37 bits per heavy atom. The van der Waals surface area contributed by atoms with E-state index < -0.39 is 11.6 Å². The number of ketones is 2. The smallest absolute Gasteiger partial charge is 0.266 e. The molecule has 1 aromatic carbocycles. The molecule has 0 saturated heterocycles. The summed E-state index contributed by atoms with van der Waals surface area (Å²) in [7, 11) is 0. The third-order valence-electron chi connectivity index (χ3n) is 2.64. The maximum absolute atomic E-state index is 12.0. The summed E-state index contributed by atoms with van der Waals surface area (Å²) in [6.45, 7) is 2.08. The fourth-order valence-electron chi connectivity index (χ4n) is 1.63. The van der Waals surface area contributed by atoms with Crippen LogP contribution in [0.25, 0.3) is 0 Å². The lowest BCUT2D eigenvalue weighted by atomic mass is 10.1. The summed E-state index contributed by atoms with van der Waals surface area (Å²) in [5.41, 5.74) is -0.00920. The van der Waals surface area contributed by atoms with Crippen molar-refractivity contribution in [3.63, 3.8) is 0 Å². The molecular weight excluding hydrogens is 244 g/mol. The van der Waals surface area contributed by atoms with Gasteiger partial charge >= 0.3 is 0 Å². The quantitative estimate of drug-likeness (QED) is 0.611. The Bertz CT molecular complexity index is 675. The highest BCUT2D eigenvalue weighted by Gasteiger charge is 2.20. The first-order valence-electron chi connectivity index (χ1n) is 5.85. The monoisotopic (exact) mass is 256 g/mol. The minimum absolute atomic E-state index is 0.0182. The molecule has 0 fully saturated rings. The van der Waals surface area contributed by atoms with Gasteiger partial charge in [0, 0.05) is 18.2 Å². The molecule has 0 bridgehead atoms. The van der Waals surface area contributed by atoms with Gasteiger partial charge in [-0.15, -0.1) is 0 Å². The van der Waals surface area contributed by atoms with E-state index >= 15 is 0 Å². The van der Waals surface area contributed by atoms with Crippen molar-refractivity contribution in [2.24, 2.45) is 0 Å². The molecule has 0 unspecified atom stereocenters. The second kappa shape index (κ2) is 5.39. The molecule has 0 radical (unpaired) electrons. The highest BCUT2D eigenvalue weighted by Crippen LogP contribution is 2.04. The second-order valence-electron chi connectivity index (χ2n) is 3.90. The van der Waals surface area contributed by atoms with E-state index in [9.17, 15) is 14.4 Å². The van der Waals surface area contributed by atoms with E-state index in [1.54, 1.807) is 37.3 Å². The Morgan fingerprint density at radius 2 is 1.74 bits per heavy atom. The lowest BCUT2D eigenvalue weighted by molar-refractivity contribution is 0.0812. The number of hydrogen-bond donors (Lipinski definition) is 0. The second-order valence-corrected chi connectivity index (χ2v) is 3.90. The fraction of sp³-hybridized carbons (Fsp3) is 0.143. The maximum Gasteiger partial charge on any atom is 0.266 e. The number of rotatable bonds is 4. The Hall–Kier alpha value is -2.56. The van der Waals surface area contributed by atoms with E-state index in [2.05, 4.69) is 5.10 Å². The van der Waals surface area contributed by atoms with E-state index in [4.69, 9.17) is 0 Å². The number of aromatic nitrogens is 2. The summed E-state index contributed by atoms with van der Waals surface area (Å²) in [5, 5.41) is 3.87. The van der Waals surface area contributed by atoms with Gasteiger partial charge in [-0.25, -0.2) is 4.68 Å². The molecule has 0 aliphatic heterocycles. The lowest BCUT2D eigenvalue weighted by Crippen LogP contribution is -2.25. The summed E-state index contributed by atoms with van der Waals surface area (Å²) < 4.78 is 1.14. The van der Waals surface area contributed by atoms with Crippen molar-refractivity contribution in [2.75, 3.05) is 0 Å². The van der Waals surface area contributed by atoms with Crippen molar-refractivity contribution in [1.29, 1.82) is 0 Å². The topological polar surface area (TPSA) is 69.0 Å². The van der Waals surface area contributed by atoms with Crippen LogP contribution in [0.5, 0.6) is 0 Å². The van der Waals surface area contributed by atoms with Crippen molar-refractivity contribution in [3.8, 4) is 0 Å². The van der Waals surface area contributed by atoms with Gasteiger partial charge in [0.25, 0.3) is 11.3 Å². The van der Waals surface area contributed by atoms with Gasteiger partial charge in [0.15, 0.2) is 0 Å². The minimum Gasteiger partial charge on any atom is -0.285 e. The standard InChI is InChI=1S/C14H12N2O3/c1-2-16-12(17)9-8-11(15-16)14(19)13(18)10-6-4-3-5-7-10/h3-9H,2H2,1H3. The SMILES string of the molecule is CCn1nc(C(=O)C(=O)c2ccccc2)ccc1=O. The molecule has 0 saturated carbocycles. The number of carbonyl (C=O) groups excluding carboxylic acids is 2. The van der Waals surface area contributed by atoms with Crippen LogP contribution in [0.1, 0.15) is 27.8 Å². The number of aryl methyl sites for hydroxylation is 1. The van der Waals surface area contributed by atoms with Gasteiger partial charge in [-0.1, -0.05) is 30.3 Å². The van der Waals surface area contributed by atoms with E-state index in [0.29, 0.717) is 12.1 Å².